The lowest BCUT2D eigenvalue weighted by Crippen LogP contribution is -2.10. The van der Waals surface area contributed by atoms with Gasteiger partial charge in [-0.05, 0) is 73.2 Å². The molecule has 0 bridgehead atoms. The van der Waals surface area contributed by atoms with Gasteiger partial charge in [0.05, 0.1) is 39.6 Å². The van der Waals surface area contributed by atoms with E-state index in [4.69, 9.17) is 28.4 Å². The minimum absolute atomic E-state index is 0.581. The van der Waals surface area contributed by atoms with Gasteiger partial charge in [0.1, 0.15) is 0 Å². The Balaban J connectivity index is 2.00. The molecule has 0 atom stereocenters. The van der Waals surface area contributed by atoms with Gasteiger partial charge in [-0.1, -0.05) is 210 Å². The molecular formula is C58H91BrO6. The molecule has 6 nitrogen and oxygen atoms in total. The average molecular weight is 964 g/mol. The molecular weight excluding hydrogens is 873 g/mol. The Bertz CT molecular complexity index is 1860. The van der Waals surface area contributed by atoms with Crippen LogP contribution in [0.2, 0.25) is 0 Å². The zero-order valence-electron chi connectivity index (χ0n) is 42.0. The van der Waals surface area contributed by atoms with Crippen molar-refractivity contribution < 1.29 is 28.4 Å². The van der Waals surface area contributed by atoms with E-state index in [-0.39, 0.29) is 0 Å². The van der Waals surface area contributed by atoms with Gasteiger partial charge in [-0.25, -0.2) is 0 Å². The fourth-order valence-corrected chi connectivity index (χ4v) is 9.27. The number of fused-ring (bicyclic) bond motifs is 6. The highest BCUT2D eigenvalue weighted by atomic mass is 79.9. The number of ether oxygens (including phenoxy) is 6. The van der Waals surface area contributed by atoms with Gasteiger partial charge in [0, 0.05) is 21.5 Å². The highest BCUT2D eigenvalue weighted by Crippen LogP contribution is 2.58. The summed E-state index contributed by atoms with van der Waals surface area (Å²) in [6.45, 7) is 14.9. The molecule has 0 saturated heterocycles. The van der Waals surface area contributed by atoms with Crippen molar-refractivity contribution in [2.75, 3.05) is 45.0 Å². The number of unbranched alkanes of at least 4 members (excludes halogenated alkanes) is 22. The van der Waals surface area contributed by atoms with Crippen molar-refractivity contribution in [1.29, 1.82) is 0 Å². The van der Waals surface area contributed by atoms with E-state index in [0.717, 1.165) is 131 Å². The third-order valence-corrected chi connectivity index (χ3v) is 13.2. The normalized spacial score (nSPS) is 11.5. The van der Waals surface area contributed by atoms with Crippen LogP contribution in [0.4, 0.5) is 0 Å². The van der Waals surface area contributed by atoms with Crippen molar-refractivity contribution in [2.45, 2.75) is 214 Å². The van der Waals surface area contributed by atoms with E-state index >= 15 is 0 Å². The molecule has 0 radical (unpaired) electrons. The lowest BCUT2D eigenvalue weighted by atomic mass is 9.91. The summed E-state index contributed by atoms with van der Waals surface area (Å²) in [5.74, 6) is 4.47. The molecule has 0 saturated carbocycles. The molecule has 4 rings (SSSR count). The first-order valence-corrected chi connectivity index (χ1v) is 28.1. The van der Waals surface area contributed by atoms with Gasteiger partial charge in [-0.3, -0.25) is 0 Å². The molecule has 0 unspecified atom stereocenters. The van der Waals surface area contributed by atoms with Crippen molar-refractivity contribution in [3.63, 3.8) is 0 Å². The molecule has 366 valence electrons. The Morgan fingerprint density at radius 3 is 1.06 bits per heavy atom. The molecule has 0 aliphatic heterocycles. The molecule has 0 N–H and O–H groups in total. The van der Waals surface area contributed by atoms with Gasteiger partial charge in [0.2, 0.25) is 11.5 Å². The van der Waals surface area contributed by atoms with Crippen molar-refractivity contribution in [3.05, 3.63) is 36.4 Å². The fourth-order valence-electron chi connectivity index (χ4n) is 8.88. The first-order valence-electron chi connectivity index (χ1n) is 27.0. The van der Waals surface area contributed by atoms with Crippen LogP contribution in [0.5, 0.6) is 34.5 Å². The molecule has 0 amide bonds. The second-order valence-corrected chi connectivity index (χ2v) is 19.1. The summed E-state index contributed by atoms with van der Waals surface area (Å²) in [6, 6.07) is 13.2. The van der Waals surface area contributed by atoms with Crippen LogP contribution in [0.15, 0.2) is 36.4 Å². The minimum Gasteiger partial charge on any atom is -0.490 e. The van der Waals surface area contributed by atoms with E-state index in [1.807, 2.05) is 0 Å². The van der Waals surface area contributed by atoms with E-state index < -0.39 is 0 Å². The standard InChI is InChI=1S/C58H91BrO6/c1-6-11-16-30-42-61-54-50(60-41-35-26-24-22-21-23-25-29-40-59)39-38-49-47-36-27-28-37-48(47)52-53(51(49)54)56(63-44-32-18-13-8-3)58(65-46-34-20-15-10-5)57(64-45-33-19-14-9-4)55(52)62-43-31-17-12-7-2/h27-28,36-39H,6-26,29-35,40-46H2,1-5H3. The monoisotopic (exact) mass is 963 g/mol. The summed E-state index contributed by atoms with van der Waals surface area (Å²) in [6.07, 6.45) is 32.3. The highest BCUT2D eigenvalue weighted by molar-refractivity contribution is 9.09. The summed E-state index contributed by atoms with van der Waals surface area (Å²) in [7, 11) is 0. The van der Waals surface area contributed by atoms with Gasteiger partial charge in [-0.15, -0.1) is 0 Å². The molecule has 0 fully saturated rings. The molecule has 0 spiro atoms. The van der Waals surface area contributed by atoms with E-state index in [9.17, 15) is 0 Å². The Hall–Kier alpha value is -3.06. The van der Waals surface area contributed by atoms with Crippen molar-refractivity contribution in [2.24, 2.45) is 0 Å². The lowest BCUT2D eigenvalue weighted by Gasteiger charge is -2.26. The second-order valence-electron chi connectivity index (χ2n) is 18.3. The molecule has 0 heterocycles. The maximum Gasteiger partial charge on any atom is 0.208 e. The first-order chi connectivity index (χ1) is 32.2. The number of benzene rings is 4. The fraction of sp³-hybridized carbons (Fsp3) is 0.690. The van der Waals surface area contributed by atoms with Crippen molar-refractivity contribution in [1.82, 2.24) is 0 Å². The molecule has 0 aliphatic carbocycles. The first kappa shape index (κ1) is 54.5. The highest BCUT2D eigenvalue weighted by Gasteiger charge is 2.30. The topological polar surface area (TPSA) is 55.4 Å². The second kappa shape index (κ2) is 34.3. The zero-order chi connectivity index (χ0) is 46.2. The molecule has 65 heavy (non-hydrogen) atoms. The summed E-state index contributed by atoms with van der Waals surface area (Å²) >= 11 is 3.57. The predicted octanol–water partition coefficient (Wildman–Crippen LogP) is 18.8. The number of hydrogen-bond acceptors (Lipinski definition) is 6. The van der Waals surface area contributed by atoms with Gasteiger partial charge in [-0.2, -0.15) is 0 Å². The number of hydrogen-bond donors (Lipinski definition) is 0. The van der Waals surface area contributed by atoms with E-state index in [2.05, 4.69) is 86.9 Å². The smallest absolute Gasteiger partial charge is 0.208 e. The van der Waals surface area contributed by atoms with Crippen molar-refractivity contribution in [3.8, 4) is 34.5 Å². The van der Waals surface area contributed by atoms with Crippen LogP contribution in [-0.2, 0) is 0 Å². The maximum atomic E-state index is 7.19. The number of halogens is 1. The van der Waals surface area contributed by atoms with Gasteiger partial charge in [0.15, 0.2) is 23.0 Å². The van der Waals surface area contributed by atoms with Gasteiger partial charge < -0.3 is 28.4 Å². The quantitative estimate of drug-likeness (QED) is 0.0251. The van der Waals surface area contributed by atoms with Crippen LogP contribution in [0.1, 0.15) is 214 Å². The Kier molecular flexibility index (Phi) is 28.8. The van der Waals surface area contributed by atoms with Gasteiger partial charge >= 0.3 is 0 Å². The third kappa shape index (κ3) is 18.2. The Labute approximate surface area is 405 Å². The van der Waals surface area contributed by atoms with Crippen LogP contribution in [0, 0.1) is 0 Å². The summed E-state index contributed by atoms with van der Waals surface area (Å²) in [4.78, 5) is 0. The largest absolute Gasteiger partial charge is 0.490 e. The van der Waals surface area contributed by atoms with E-state index in [1.54, 1.807) is 0 Å². The Morgan fingerprint density at radius 1 is 0.292 bits per heavy atom. The summed E-state index contributed by atoms with van der Waals surface area (Å²) in [5, 5.41) is 7.51. The van der Waals surface area contributed by atoms with Crippen LogP contribution >= 0.6 is 15.9 Å². The van der Waals surface area contributed by atoms with E-state index in [1.165, 1.54) is 109 Å². The lowest BCUT2D eigenvalue weighted by molar-refractivity contribution is 0.222. The number of alkyl halides is 1. The van der Waals surface area contributed by atoms with Crippen LogP contribution in [0.25, 0.3) is 32.3 Å². The molecule has 0 aromatic heterocycles. The maximum absolute atomic E-state index is 7.19. The molecule has 4 aromatic rings. The number of rotatable bonds is 41. The van der Waals surface area contributed by atoms with Crippen LogP contribution < -0.4 is 28.4 Å². The molecule has 4 aromatic carbocycles. The minimum atomic E-state index is 0.581. The summed E-state index contributed by atoms with van der Waals surface area (Å²) in [5.41, 5.74) is 0. The zero-order valence-corrected chi connectivity index (χ0v) is 43.6. The van der Waals surface area contributed by atoms with Crippen LogP contribution in [-0.4, -0.2) is 45.0 Å². The van der Waals surface area contributed by atoms with Gasteiger partial charge in [0.25, 0.3) is 0 Å². The third-order valence-electron chi connectivity index (χ3n) is 12.7. The SMILES string of the molecule is CCCCCCOc1c(OCCCCCC)c(OCCCCCC)c2c3c(OCCCCCC)c(OCCCCCCCCCCBr)ccc3c3ccccc3c2c1OCCCCCC. The van der Waals surface area contributed by atoms with Crippen LogP contribution in [0.3, 0.4) is 0 Å². The average Bonchev–Trinajstić information content (AvgIpc) is 3.32. The Morgan fingerprint density at radius 2 is 0.615 bits per heavy atom. The van der Waals surface area contributed by atoms with Crippen molar-refractivity contribution >= 4 is 48.2 Å². The predicted molar refractivity (Wildman–Crippen MR) is 283 cm³/mol. The molecule has 0 aliphatic rings. The molecule has 7 heteroatoms. The summed E-state index contributed by atoms with van der Waals surface area (Å²) < 4.78 is 42.3. The van der Waals surface area contributed by atoms with E-state index in [0.29, 0.717) is 51.1 Å².